The second-order valence-corrected chi connectivity index (χ2v) is 5.64. The maximum absolute atomic E-state index is 12.4. The quantitative estimate of drug-likeness (QED) is 0.871. The van der Waals surface area contributed by atoms with Gasteiger partial charge in [-0.25, -0.2) is 0 Å². The van der Waals surface area contributed by atoms with Crippen molar-refractivity contribution in [3.8, 4) is 0 Å². The first-order chi connectivity index (χ1) is 9.79. The van der Waals surface area contributed by atoms with Crippen molar-refractivity contribution in [3.05, 3.63) is 51.5 Å². The number of amides is 1. The summed E-state index contributed by atoms with van der Waals surface area (Å²) in [5.41, 5.74) is 4.33. The molecule has 0 N–H and O–H groups in total. The Morgan fingerprint density at radius 1 is 1.50 bits per heavy atom. The molecule has 0 saturated heterocycles. The van der Waals surface area contributed by atoms with E-state index in [1.54, 1.807) is 18.4 Å². The van der Waals surface area contributed by atoms with Gasteiger partial charge in [0.2, 0.25) is 0 Å². The van der Waals surface area contributed by atoms with E-state index in [1.165, 1.54) is 5.56 Å². The number of rotatable bonds is 3. The average Bonchev–Trinajstić information content (AvgIpc) is 3.01. The molecule has 0 radical (unpaired) electrons. The molecule has 104 valence electrons. The number of ether oxygens (including phenoxy) is 1. The third-order valence-electron chi connectivity index (χ3n) is 3.58. The van der Waals surface area contributed by atoms with Gasteiger partial charge >= 0.3 is 0 Å². The maximum atomic E-state index is 12.4. The van der Waals surface area contributed by atoms with E-state index in [4.69, 9.17) is 4.74 Å². The van der Waals surface area contributed by atoms with Crippen molar-refractivity contribution >= 4 is 17.2 Å². The molecule has 3 rings (SSSR count). The molecule has 0 unspecified atom stereocenters. The Labute approximate surface area is 122 Å². The van der Waals surface area contributed by atoms with Crippen LogP contribution in [-0.4, -0.2) is 29.4 Å². The molecule has 1 aliphatic rings. The molecule has 3 heterocycles. The van der Waals surface area contributed by atoms with Crippen LogP contribution in [0.25, 0.3) is 0 Å². The van der Waals surface area contributed by atoms with Crippen LogP contribution < -0.4 is 0 Å². The van der Waals surface area contributed by atoms with Gasteiger partial charge in [-0.2, -0.15) is 11.3 Å². The van der Waals surface area contributed by atoms with Crippen LogP contribution in [-0.2, 0) is 24.3 Å². The van der Waals surface area contributed by atoms with Crippen LogP contribution in [0.15, 0.2) is 29.2 Å². The summed E-state index contributed by atoms with van der Waals surface area (Å²) in [6, 6.07) is 1.88. The van der Waals surface area contributed by atoms with Crippen LogP contribution in [0.1, 0.15) is 27.0 Å². The van der Waals surface area contributed by atoms with Crippen LogP contribution in [0.3, 0.4) is 0 Å². The Morgan fingerprint density at radius 2 is 2.40 bits per heavy atom. The van der Waals surface area contributed by atoms with Gasteiger partial charge in [0.25, 0.3) is 5.91 Å². The maximum Gasteiger partial charge on any atom is 0.255 e. The van der Waals surface area contributed by atoms with Crippen LogP contribution in [0.2, 0.25) is 0 Å². The minimum Gasteiger partial charge on any atom is -0.380 e. The van der Waals surface area contributed by atoms with Crippen molar-refractivity contribution in [1.29, 1.82) is 0 Å². The fourth-order valence-corrected chi connectivity index (χ4v) is 3.22. The summed E-state index contributed by atoms with van der Waals surface area (Å²) in [6.45, 7) is 1.96. The number of methoxy groups -OCH3 is 1. The monoisotopic (exact) mass is 288 g/mol. The molecule has 2 aromatic rings. The molecule has 0 atom stereocenters. The van der Waals surface area contributed by atoms with E-state index in [1.807, 2.05) is 34.1 Å². The predicted octanol–water partition coefficient (Wildman–Crippen LogP) is 2.49. The molecule has 1 amide bonds. The summed E-state index contributed by atoms with van der Waals surface area (Å²) in [6.07, 6.45) is 4.59. The third-order valence-corrected chi connectivity index (χ3v) is 4.27. The molecule has 4 nitrogen and oxygen atoms in total. The molecule has 0 aliphatic carbocycles. The largest absolute Gasteiger partial charge is 0.380 e. The van der Waals surface area contributed by atoms with E-state index < -0.39 is 0 Å². The van der Waals surface area contributed by atoms with Crippen LogP contribution in [0.5, 0.6) is 0 Å². The summed E-state index contributed by atoms with van der Waals surface area (Å²) in [5.74, 6) is 0.106. The van der Waals surface area contributed by atoms with Gasteiger partial charge in [-0.05, 0) is 34.6 Å². The lowest BCUT2D eigenvalue weighted by Gasteiger charge is -2.29. The molecule has 0 bridgehead atoms. The second kappa shape index (κ2) is 5.73. The highest BCUT2D eigenvalue weighted by molar-refractivity contribution is 7.08. The summed E-state index contributed by atoms with van der Waals surface area (Å²) in [7, 11) is 1.69. The first-order valence-electron chi connectivity index (χ1n) is 6.54. The first-order valence-corrected chi connectivity index (χ1v) is 7.49. The van der Waals surface area contributed by atoms with Crippen molar-refractivity contribution < 1.29 is 9.53 Å². The summed E-state index contributed by atoms with van der Waals surface area (Å²) < 4.78 is 5.21. The molecule has 1 aliphatic heterocycles. The molecule has 0 spiro atoms. The van der Waals surface area contributed by atoms with E-state index in [-0.39, 0.29) is 5.91 Å². The normalized spacial score (nSPS) is 14.2. The second-order valence-electron chi connectivity index (χ2n) is 4.86. The van der Waals surface area contributed by atoms with Crippen molar-refractivity contribution in [1.82, 2.24) is 9.88 Å². The van der Waals surface area contributed by atoms with Gasteiger partial charge in [-0.1, -0.05) is 0 Å². The van der Waals surface area contributed by atoms with Crippen LogP contribution in [0, 0.1) is 0 Å². The SMILES string of the molecule is COCc1cncc2c1CCN(C(=O)c1ccsc1)C2. The van der Waals surface area contributed by atoms with Gasteiger partial charge in [0, 0.05) is 38.0 Å². The molecule has 0 aromatic carbocycles. The summed E-state index contributed by atoms with van der Waals surface area (Å²) in [5, 5.41) is 3.83. The molecule has 0 saturated carbocycles. The Morgan fingerprint density at radius 3 is 3.15 bits per heavy atom. The number of fused-ring (bicyclic) bond motifs is 1. The minimum atomic E-state index is 0.106. The van der Waals surface area contributed by atoms with E-state index in [0.717, 1.165) is 29.7 Å². The zero-order valence-corrected chi connectivity index (χ0v) is 12.2. The lowest BCUT2D eigenvalue weighted by atomic mass is 9.97. The Kier molecular flexibility index (Phi) is 3.80. The molecule has 5 heteroatoms. The van der Waals surface area contributed by atoms with Gasteiger partial charge in [0.05, 0.1) is 12.2 Å². The number of aromatic nitrogens is 1. The standard InChI is InChI=1S/C15H16N2O2S/c1-19-9-13-7-16-6-12-8-17(4-2-14(12)13)15(18)11-3-5-20-10-11/h3,5-7,10H,2,4,8-9H2,1H3. The van der Waals surface area contributed by atoms with Crippen molar-refractivity contribution in [2.45, 2.75) is 19.6 Å². The average molecular weight is 288 g/mol. The molecular formula is C15H16N2O2S. The van der Waals surface area contributed by atoms with Gasteiger partial charge in [0.1, 0.15) is 0 Å². The number of carbonyl (C=O) groups is 1. The predicted molar refractivity (Wildman–Crippen MR) is 77.7 cm³/mol. The number of hydrogen-bond acceptors (Lipinski definition) is 4. The highest BCUT2D eigenvalue weighted by atomic mass is 32.1. The third kappa shape index (κ3) is 2.46. The summed E-state index contributed by atoms with van der Waals surface area (Å²) in [4.78, 5) is 18.5. The van der Waals surface area contributed by atoms with Crippen LogP contribution >= 0.6 is 11.3 Å². The van der Waals surface area contributed by atoms with Gasteiger partial charge in [0.15, 0.2) is 0 Å². The van der Waals surface area contributed by atoms with Gasteiger partial charge in [-0.3, -0.25) is 9.78 Å². The van der Waals surface area contributed by atoms with E-state index in [0.29, 0.717) is 13.2 Å². The lowest BCUT2D eigenvalue weighted by Crippen LogP contribution is -2.36. The van der Waals surface area contributed by atoms with Crippen LogP contribution in [0.4, 0.5) is 0 Å². The van der Waals surface area contributed by atoms with Crippen molar-refractivity contribution in [2.75, 3.05) is 13.7 Å². The highest BCUT2D eigenvalue weighted by Crippen LogP contribution is 2.23. The number of thiophene rings is 1. The smallest absolute Gasteiger partial charge is 0.255 e. The number of carbonyl (C=O) groups excluding carboxylic acids is 1. The lowest BCUT2D eigenvalue weighted by molar-refractivity contribution is 0.0734. The molecular weight excluding hydrogens is 272 g/mol. The zero-order chi connectivity index (χ0) is 13.9. The Balaban J connectivity index is 1.82. The fourth-order valence-electron chi connectivity index (χ4n) is 2.59. The topological polar surface area (TPSA) is 42.4 Å². The van der Waals surface area contributed by atoms with Gasteiger partial charge in [-0.15, -0.1) is 0 Å². The fraction of sp³-hybridized carbons (Fsp3) is 0.333. The molecule has 2 aromatic heterocycles. The first kappa shape index (κ1) is 13.3. The summed E-state index contributed by atoms with van der Waals surface area (Å²) >= 11 is 1.55. The van der Waals surface area contributed by atoms with Crippen molar-refractivity contribution in [3.63, 3.8) is 0 Å². The zero-order valence-electron chi connectivity index (χ0n) is 11.3. The minimum absolute atomic E-state index is 0.106. The number of pyridine rings is 1. The Hall–Kier alpha value is -1.72. The Bertz CT molecular complexity index is 610. The van der Waals surface area contributed by atoms with E-state index in [9.17, 15) is 4.79 Å². The molecule has 0 fully saturated rings. The van der Waals surface area contributed by atoms with Gasteiger partial charge < -0.3 is 9.64 Å². The molecule has 20 heavy (non-hydrogen) atoms. The van der Waals surface area contributed by atoms with E-state index in [2.05, 4.69) is 4.98 Å². The van der Waals surface area contributed by atoms with E-state index >= 15 is 0 Å². The number of nitrogens with zero attached hydrogens (tertiary/aromatic N) is 2. The highest BCUT2D eigenvalue weighted by Gasteiger charge is 2.23. The number of hydrogen-bond donors (Lipinski definition) is 0. The van der Waals surface area contributed by atoms with Crippen molar-refractivity contribution in [2.24, 2.45) is 0 Å².